The molecule has 4 heteroatoms. The molecule has 1 aromatic heterocycles. The van der Waals surface area contributed by atoms with E-state index in [0.717, 1.165) is 38.4 Å². The average Bonchev–Trinajstić information content (AvgIpc) is 3.17. The molecular formula is C15H22N4. The van der Waals surface area contributed by atoms with E-state index >= 15 is 0 Å². The summed E-state index contributed by atoms with van der Waals surface area (Å²) < 4.78 is 0. The van der Waals surface area contributed by atoms with E-state index in [1.165, 1.54) is 42.8 Å². The van der Waals surface area contributed by atoms with Crippen molar-refractivity contribution < 1.29 is 0 Å². The highest BCUT2D eigenvalue weighted by molar-refractivity contribution is 5.52. The Balaban J connectivity index is 1.69. The van der Waals surface area contributed by atoms with Crippen LogP contribution < -0.4 is 4.90 Å². The quantitative estimate of drug-likeness (QED) is 0.806. The second-order valence-corrected chi connectivity index (χ2v) is 6.25. The third-order valence-electron chi connectivity index (χ3n) is 4.67. The fourth-order valence-corrected chi connectivity index (χ4v) is 3.24. The van der Waals surface area contributed by atoms with Gasteiger partial charge >= 0.3 is 0 Å². The van der Waals surface area contributed by atoms with Gasteiger partial charge in [0.1, 0.15) is 11.6 Å². The number of piperazine rings is 1. The lowest BCUT2D eigenvalue weighted by Gasteiger charge is -2.34. The zero-order chi connectivity index (χ0) is 12.8. The van der Waals surface area contributed by atoms with E-state index in [-0.39, 0.29) is 0 Å². The fraction of sp³-hybridized carbons (Fsp3) is 0.733. The van der Waals surface area contributed by atoms with Gasteiger partial charge in [0.2, 0.25) is 0 Å². The number of rotatable bonds is 2. The van der Waals surface area contributed by atoms with Crippen molar-refractivity contribution in [2.75, 3.05) is 38.1 Å². The Bertz CT molecular complexity index is 487. The molecule has 1 aromatic rings. The first kappa shape index (κ1) is 11.6. The maximum atomic E-state index is 4.95. The van der Waals surface area contributed by atoms with Gasteiger partial charge in [0.05, 0.1) is 0 Å². The molecule has 4 rings (SSSR count). The first-order valence-electron chi connectivity index (χ1n) is 7.64. The lowest BCUT2D eigenvalue weighted by Crippen LogP contribution is -2.45. The first-order chi connectivity index (χ1) is 9.31. The molecule has 0 radical (unpaired) electrons. The standard InChI is InChI=1S/C15H22N4/c1-18-7-9-19(10-8-18)15-12-3-2-4-13(12)16-14(17-15)11-5-6-11/h11H,2-10H2,1H3. The molecule has 1 saturated carbocycles. The Labute approximate surface area is 114 Å². The molecule has 0 atom stereocenters. The summed E-state index contributed by atoms with van der Waals surface area (Å²) >= 11 is 0. The molecule has 2 heterocycles. The van der Waals surface area contributed by atoms with Crippen molar-refractivity contribution in [3.05, 3.63) is 17.1 Å². The highest BCUT2D eigenvalue weighted by Gasteiger charge is 2.31. The van der Waals surface area contributed by atoms with E-state index in [9.17, 15) is 0 Å². The van der Waals surface area contributed by atoms with Gasteiger partial charge in [0, 0.05) is 43.4 Å². The molecule has 4 nitrogen and oxygen atoms in total. The van der Waals surface area contributed by atoms with Gasteiger partial charge < -0.3 is 9.80 Å². The Hall–Kier alpha value is -1.16. The van der Waals surface area contributed by atoms with Crippen LogP contribution in [-0.2, 0) is 12.8 Å². The third kappa shape index (κ3) is 2.12. The van der Waals surface area contributed by atoms with Gasteiger partial charge in [0.15, 0.2) is 0 Å². The monoisotopic (exact) mass is 258 g/mol. The van der Waals surface area contributed by atoms with Crippen molar-refractivity contribution in [3.63, 3.8) is 0 Å². The minimum atomic E-state index is 0.664. The maximum Gasteiger partial charge on any atom is 0.135 e. The molecule has 2 aliphatic carbocycles. The van der Waals surface area contributed by atoms with Crippen molar-refractivity contribution in [1.29, 1.82) is 0 Å². The maximum absolute atomic E-state index is 4.95. The van der Waals surface area contributed by atoms with Crippen molar-refractivity contribution in [1.82, 2.24) is 14.9 Å². The number of hydrogen-bond donors (Lipinski definition) is 0. The highest BCUT2D eigenvalue weighted by Crippen LogP contribution is 2.40. The van der Waals surface area contributed by atoms with Crippen LogP contribution in [0.25, 0.3) is 0 Å². The predicted molar refractivity (Wildman–Crippen MR) is 75.7 cm³/mol. The van der Waals surface area contributed by atoms with E-state index in [1.54, 1.807) is 0 Å². The fourth-order valence-electron chi connectivity index (χ4n) is 3.24. The summed E-state index contributed by atoms with van der Waals surface area (Å²) in [7, 11) is 2.21. The van der Waals surface area contributed by atoms with Crippen LogP contribution >= 0.6 is 0 Å². The first-order valence-corrected chi connectivity index (χ1v) is 7.64. The number of aryl methyl sites for hydroxylation is 1. The number of anilines is 1. The van der Waals surface area contributed by atoms with Crippen molar-refractivity contribution in [2.24, 2.45) is 0 Å². The second-order valence-electron chi connectivity index (χ2n) is 6.25. The normalized spacial score (nSPS) is 23.7. The SMILES string of the molecule is CN1CCN(c2nc(C3CC3)nc3c2CCC3)CC1. The number of hydrogen-bond acceptors (Lipinski definition) is 4. The van der Waals surface area contributed by atoms with Crippen LogP contribution in [0.1, 0.15) is 42.3 Å². The molecule has 19 heavy (non-hydrogen) atoms. The van der Waals surface area contributed by atoms with Crippen molar-refractivity contribution in [2.45, 2.75) is 38.0 Å². The molecule has 0 bridgehead atoms. The zero-order valence-corrected chi connectivity index (χ0v) is 11.7. The summed E-state index contributed by atoms with van der Waals surface area (Å²) in [4.78, 5) is 14.7. The molecule has 3 aliphatic rings. The van der Waals surface area contributed by atoms with Gasteiger partial charge in [0.25, 0.3) is 0 Å². The van der Waals surface area contributed by atoms with Crippen LogP contribution in [0.5, 0.6) is 0 Å². The molecule has 1 saturated heterocycles. The largest absolute Gasteiger partial charge is 0.354 e. The Morgan fingerprint density at radius 2 is 1.79 bits per heavy atom. The molecule has 2 fully saturated rings. The summed E-state index contributed by atoms with van der Waals surface area (Å²) in [6, 6.07) is 0. The van der Waals surface area contributed by atoms with Crippen LogP contribution in [-0.4, -0.2) is 48.1 Å². The predicted octanol–water partition coefficient (Wildman–Crippen LogP) is 1.59. The Morgan fingerprint density at radius 1 is 1.00 bits per heavy atom. The van der Waals surface area contributed by atoms with Gasteiger partial charge in [-0.25, -0.2) is 9.97 Å². The average molecular weight is 258 g/mol. The summed E-state index contributed by atoms with van der Waals surface area (Å²) in [5.74, 6) is 3.07. The molecular weight excluding hydrogens is 236 g/mol. The summed E-state index contributed by atoms with van der Waals surface area (Å²) in [6.07, 6.45) is 6.20. The highest BCUT2D eigenvalue weighted by atomic mass is 15.3. The molecule has 0 unspecified atom stereocenters. The summed E-state index contributed by atoms with van der Waals surface area (Å²) in [5.41, 5.74) is 2.81. The van der Waals surface area contributed by atoms with E-state index in [1.807, 2.05) is 0 Å². The summed E-state index contributed by atoms with van der Waals surface area (Å²) in [6.45, 7) is 4.53. The number of aromatic nitrogens is 2. The smallest absolute Gasteiger partial charge is 0.135 e. The van der Waals surface area contributed by atoms with E-state index in [0.29, 0.717) is 5.92 Å². The van der Waals surface area contributed by atoms with Crippen LogP contribution in [0, 0.1) is 0 Å². The van der Waals surface area contributed by atoms with Crippen LogP contribution in [0.15, 0.2) is 0 Å². The minimum Gasteiger partial charge on any atom is -0.354 e. The molecule has 102 valence electrons. The van der Waals surface area contributed by atoms with Crippen LogP contribution in [0.3, 0.4) is 0 Å². The van der Waals surface area contributed by atoms with Crippen molar-refractivity contribution >= 4 is 5.82 Å². The zero-order valence-electron chi connectivity index (χ0n) is 11.7. The lowest BCUT2D eigenvalue weighted by molar-refractivity contribution is 0.311. The van der Waals surface area contributed by atoms with Crippen LogP contribution in [0.2, 0.25) is 0 Å². The van der Waals surface area contributed by atoms with Gasteiger partial charge in [-0.05, 0) is 39.2 Å². The topological polar surface area (TPSA) is 32.3 Å². The molecule has 0 amide bonds. The van der Waals surface area contributed by atoms with E-state index in [4.69, 9.17) is 9.97 Å². The molecule has 0 spiro atoms. The van der Waals surface area contributed by atoms with Crippen LogP contribution in [0.4, 0.5) is 5.82 Å². The van der Waals surface area contributed by atoms with Gasteiger partial charge in [-0.1, -0.05) is 0 Å². The second kappa shape index (κ2) is 4.44. The lowest BCUT2D eigenvalue weighted by atomic mass is 10.2. The number of nitrogens with zero attached hydrogens (tertiary/aromatic N) is 4. The third-order valence-corrected chi connectivity index (χ3v) is 4.67. The Kier molecular flexibility index (Phi) is 2.72. The van der Waals surface area contributed by atoms with Gasteiger partial charge in [-0.3, -0.25) is 0 Å². The van der Waals surface area contributed by atoms with E-state index < -0.39 is 0 Å². The summed E-state index contributed by atoms with van der Waals surface area (Å²) in [5, 5.41) is 0. The number of likely N-dealkylation sites (N-methyl/N-ethyl adjacent to an activating group) is 1. The van der Waals surface area contributed by atoms with Crippen molar-refractivity contribution in [3.8, 4) is 0 Å². The van der Waals surface area contributed by atoms with E-state index in [2.05, 4.69) is 16.8 Å². The van der Waals surface area contributed by atoms with Gasteiger partial charge in [-0.15, -0.1) is 0 Å². The molecule has 0 N–H and O–H groups in total. The molecule has 1 aliphatic heterocycles. The van der Waals surface area contributed by atoms with Gasteiger partial charge in [-0.2, -0.15) is 0 Å². The minimum absolute atomic E-state index is 0.664. The number of fused-ring (bicyclic) bond motifs is 1. The molecule has 0 aromatic carbocycles. The Morgan fingerprint density at radius 3 is 2.53 bits per heavy atom.